The van der Waals surface area contributed by atoms with Gasteiger partial charge in [-0.1, -0.05) is 26.2 Å². The van der Waals surface area contributed by atoms with Crippen molar-refractivity contribution in [2.45, 2.75) is 51.1 Å². The van der Waals surface area contributed by atoms with Crippen LogP contribution in [0.2, 0.25) is 0 Å². The van der Waals surface area contributed by atoms with Gasteiger partial charge >= 0.3 is 5.97 Å². The van der Waals surface area contributed by atoms with E-state index in [9.17, 15) is 14.7 Å². The van der Waals surface area contributed by atoms with Crippen LogP contribution in [0.3, 0.4) is 0 Å². The summed E-state index contributed by atoms with van der Waals surface area (Å²) in [5.41, 5.74) is 2.40. The van der Waals surface area contributed by atoms with E-state index in [0.717, 1.165) is 0 Å². The van der Waals surface area contributed by atoms with Gasteiger partial charge in [0.1, 0.15) is 17.9 Å². The third-order valence-corrected chi connectivity index (χ3v) is 3.65. The summed E-state index contributed by atoms with van der Waals surface area (Å²) in [5.74, 6) is 1.37. The largest absolute Gasteiger partial charge is 0.440 e. The summed E-state index contributed by atoms with van der Waals surface area (Å²) in [6.07, 6.45) is 6.98. The predicted molar refractivity (Wildman–Crippen MR) is 98.8 cm³/mol. The molecule has 2 rings (SSSR count). The number of H-pyrrole nitrogens is 1. The first kappa shape index (κ1) is 22.1. The Morgan fingerprint density at radius 2 is 2.27 bits per heavy atom. The lowest BCUT2D eigenvalue weighted by Gasteiger charge is -2.30. The number of nitrogens with two attached hydrogens (primary N) is 1. The number of aromatic amines is 1. The fourth-order valence-electron chi connectivity index (χ4n) is 2.22. The van der Waals surface area contributed by atoms with Crippen molar-refractivity contribution in [3.8, 4) is 12.3 Å². The van der Waals surface area contributed by atoms with E-state index in [1.165, 1.54) is 17.2 Å². The van der Waals surface area contributed by atoms with Gasteiger partial charge in [0.05, 0.1) is 6.54 Å². The minimum absolute atomic E-state index is 0.0863. The van der Waals surface area contributed by atoms with Gasteiger partial charge in [0, 0.05) is 6.20 Å². The molecule has 8 nitrogen and oxygen atoms in total. The molecule has 1 aromatic rings. The van der Waals surface area contributed by atoms with E-state index in [-0.39, 0.29) is 10.3 Å². The summed E-state index contributed by atoms with van der Waals surface area (Å²) in [6.45, 7) is 3.83. The smallest absolute Gasteiger partial charge is 0.321 e. The Hall–Kier alpha value is -1.93. The molecule has 0 spiro atoms. The molecule has 1 aromatic heterocycles. The van der Waals surface area contributed by atoms with E-state index >= 15 is 0 Å². The van der Waals surface area contributed by atoms with Crippen molar-refractivity contribution in [2.75, 3.05) is 6.54 Å². The highest BCUT2D eigenvalue weighted by atomic mass is 32.1. The van der Waals surface area contributed by atoms with Crippen molar-refractivity contribution in [2.24, 2.45) is 5.73 Å². The monoisotopic (exact) mass is 379 g/mol. The summed E-state index contributed by atoms with van der Waals surface area (Å²) in [7, 11) is 5.56. The first-order valence-electron chi connectivity index (χ1n) is 8.10. The molecule has 0 aromatic carbocycles. The summed E-state index contributed by atoms with van der Waals surface area (Å²) in [5, 5.41) is 10.0. The highest BCUT2D eigenvalue weighted by Gasteiger charge is 2.41. The predicted octanol–water partition coefficient (Wildman–Crippen LogP) is 0.298. The van der Waals surface area contributed by atoms with Crippen LogP contribution in [0, 0.1) is 17.1 Å². The number of aromatic nitrogens is 2. The van der Waals surface area contributed by atoms with E-state index < -0.39 is 36.1 Å². The second kappa shape index (κ2) is 9.68. The fraction of sp³-hybridized carbons (Fsp3) is 0.562. The summed E-state index contributed by atoms with van der Waals surface area (Å²) in [4.78, 5) is 25.2. The quantitative estimate of drug-likeness (QED) is 0.226. The normalized spacial score (nSPS) is 21.0. The maximum atomic E-state index is 11.6. The van der Waals surface area contributed by atoms with E-state index in [1.54, 1.807) is 0 Å². The molecular weight excluding hydrogens is 357 g/mol. The Morgan fingerprint density at radius 1 is 1.65 bits per heavy atom. The van der Waals surface area contributed by atoms with Crippen LogP contribution in [0.15, 0.2) is 11.0 Å². The topological polar surface area (TPSA) is 120 Å². The molecular formula is C16H22BN3O5S. The summed E-state index contributed by atoms with van der Waals surface area (Å²) >= 11 is 5.07. The average Bonchev–Trinajstić information content (AvgIpc) is 3.06. The van der Waals surface area contributed by atoms with Crippen LogP contribution in [0.5, 0.6) is 0 Å². The molecule has 0 aliphatic carbocycles. The second-order valence-corrected chi connectivity index (χ2v) is 6.03. The number of hydrogen-bond donors (Lipinski definition) is 3. The van der Waals surface area contributed by atoms with Gasteiger partial charge in [0.25, 0.3) is 5.56 Å². The number of ether oxygens (including phenoxy) is 2. The molecule has 2 radical (unpaired) electrons. The number of carbonyl (C=O) groups excluding carboxylic acids is 1. The third-order valence-electron chi connectivity index (χ3n) is 3.34. The number of terminal acetylenes is 1. The highest BCUT2D eigenvalue weighted by Crippen LogP contribution is 2.33. The molecule has 140 valence electrons. The third kappa shape index (κ3) is 5.54. The van der Waals surface area contributed by atoms with Crippen LogP contribution in [0.1, 0.15) is 44.9 Å². The number of nitrogens with zero attached hydrogens (tertiary/aromatic N) is 1. The molecule has 0 amide bonds. The molecule has 1 saturated heterocycles. The lowest BCUT2D eigenvalue weighted by atomic mass is 9.87. The van der Waals surface area contributed by atoms with Crippen LogP contribution in [0.4, 0.5) is 0 Å². The van der Waals surface area contributed by atoms with E-state index in [4.69, 9.17) is 37.0 Å². The van der Waals surface area contributed by atoms with Crippen molar-refractivity contribution in [1.82, 2.24) is 9.55 Å². The highest BCUT2D eigenvalue weighted by molar-refractivity contribution is 7.71. The van der Waals surface area contributed by atoms with Crippen LogP contribution >= 0.6 is 12.2 Å². The fourth-order valence-corrected chi connectivity index (χ4v) is 2.48. The number of carbonyl (C=O) groups is 1. The molecule has 4 N–H and O–H groups in total. The van der Waals surface area contributed by atoms with Crippen LogP contribution in [0.25, 0.3) is 0 Å². The Morgan fingerprint density at radius 3 is 2.81 bits per heavy atom. The zero-order chi connectivity index (χ0) is 19.9. The number of esters is 1. The molecule has 3 unspecified atom stereocenters. The van der Waals surface area contributed by atoms with Gasteiger partial charge in [-0.15, -0.1) is 6.42 Å². The van der Waals surface area contributed by atoms with Crippen LogP contribution in [-0.2, 0) is 14.3 Å². The summed E-state index contributed by atoms with van der Waals surface area (Å²) in [6, 6.07) is 0. The summed E-state index contributed by atoms with van der Waals surface area (Å²) < 4.78 is 11.8. The Balaban J connectivity index is 0.00000105. The molecule has 0 bridgehead atoms. The first-order valence-corrected chi connectivity index (χ1v) is 8.51. The van der Waals surface area contributed by atoms with Gasteiger partial charge in [0.15, 0.2) is 18.3 Å². The van der Waals surface area contributed by atoms with Crippen molar-refractivity contribution in [1.29, 1.82) is 0 Å². The van der Waals surface area contributed by atoms with Crippen LogP contribution < -0.4 is 11.3 Å². The molecule has 1 aliphatic heterocycles. The Bertz CT molecular complexity index is 783. The maximum Gasteiger partial charge on any atom is 0.321 e. The zero-order valence-electron chi connectivity index (χ0n) is 14.7. The van der Waals surface area contributed by atoms with Crippen molar-refractivity contribution >= 4 is 26.0 Å². The molecule has 1 fully saturated rings. The number of hydrogen-bond acceptors (Lipinski definition) is 7. The van der Waals surface area contributed by atoms with Crippen molar-refractivity contribution in [3.05, 3.63) is 26.9 Å². The van der Waals surface area contributed by atoms with Crippen molar-refractivity contribution in [3.63, 3.8) is 0 Å². The number of aliphatic hydroxyl groups is 1. The van der Waals surface area contributed by atoms with Gasteiger partial charge in [-0.25, -0.2) is 0 Å². The van der Waals surface area contributed by atoms with Crippen molar-refractivity contribution < 1.29 is 19.4 Å². The van der Waals surface area contributed by atoms with Gasteiger partial charge in [-0.05, 0) is 25.1 Å². The minimum atomic E-state index is -2.31. The number of rotatable bonds is 4. The van der Waals surface area contributed by atoms with E-state index in [0.29, 0.717) is 12.8 Å². The lowest BCUT2D eigenvalue weighted by molar-refractivity contribution is -0.214. The molecule has 10 heteroatoms. The van der Waals surface area contributed by atoms with Gasteiger partial charge in [0.2, 0.25) is 0 Å². The van der Waals surface area contributed by atoms with Crippen LogP contribution in [-0.4, -0.2) is 46.8 Å². The first-order chi connectivity index (χ1) is 12.2. The average molecular weight is 379 g/mol. The SMILES string of the molecule is CCC.[B]C(O)(OC(=O)CN)C1CCC(n2cc(C#C)c(=O)[nH]c2=S)O1. The zero-order valence-corrected chi connectivity index (χ0v) is 15.5. The van der Waals surface area contributed by atoms with Gasteiger partial charge in [-0.2, -0.15) is 0 Å². The molecule has 1 aliphatic rings. The van der Waals surface area contributed by atoms with E-state index in [1.807, 2.05) is 0 Å². The lowest BCUT2D eigenvalue weighted by Crippen LogP contribution is -2.48. The maximum absolute atomic E-state index is 11.6. The van der Waals surface area contributed by atoms with Gasteiger partial charge in [-0.3, -0.25) is 19.1 Å². The molecule has 3 atom stereocenters. The second-order valence-electron chi connectivity index (χ2n) is 5.65. The molecule has 0 saturated carbocycles. The van der Waals surface area contributed by atoms with Gasteiger partial charge < -0.3 is 20.3 Å². The van der Waals surface area contributed by atoms with E-state index in [2.05, 4.69) is 29.5 Å². The number of nitrogens with one attached hydrogen (secondary N) is 1. The Labute approximate surface area is 158 Å². The molecule has 2 heterocycles. The molecule has 26 heavy (non-hydrogen) atoms. The minimum Gasteiger partial charge on any atom is -0.440 e. The standard InChI is InChI=1S/C13H14BN3O5S.C3H8/c1-2-7-6-17(12(23)16-11(7)19)9-4-3-8(21-9)13(14,20)22-10(18)5-15;1-3-2/h1,6,8-9,20H,3-5,15H2,(H,16,19,23);3H2,1-2H3. The Kier molecular flexibility index (Phi) is 8.24.